The first-order valence-electron chi connectivity index (χ1n) is 7.40. The first kappa shape index (κ1) is 14.4. The molecule has 3 heteroatoms. The molecule has 0 bridgehead atoms. The molecule has 1 saturated carbocycles. The molecule has 19 heavy (non-hydrogen) atoms. The Morgan fingerprint density at radius 1 is 1.32 bits per heavy atom. The van der Waals surface area contributed by atoms with E-state index in [9.17, 15) is 5.11 Å². The number of ether oxygens (including phenoxy) is 1. The van der Waals surface area contributed by atoms with E-state index in [0.29, 0.717) is 12.5 Å². The van der Waals surface area contributed by atoms with E-state index in [1.807, 2.05) is 19.1 Å². The molecular weight excluding hydrogens is 238 g/mol. The van der Waals surface area contributed by atoms with Gasteiger partial charge in [-0.15, -0.1) is 0 Å². The van der Waals surface area contributed by atoms with Gasteiger partial charge in [-0.3, -0.25) is 0 Å². The Kier molecular flexibility index (Phi) is 5.67. The quantitative estimate of drug-likeness (QED) is 0.829. The van der Waals surface area contributed by atoms with Gasteiger partial charge in [0, 0.05) is 13.1 Å². The third-order valence-electron chi connectivity index (χ3n) is 3.81. The Balaban J connectivity index is 1.77. The molecule has 1 aliphatic carbocycles. The van der Waals surface area contributed by atoms with E-state index in [4.69, 9.17) is 4.74 Å². The molecule has 0 aliphatic heterocycles. The van der Waals surface area contributed by atoms with Crippen LogP contribution < -0.4 is 10.1 Å². The highest BCUT2D eigenvalue weighted by Gasteiger charge is 2.22. The standard InChI is InChI=1S/C16H25NO2/c1-2-19-15-8-5-6-13(10-15)11-17-12-14-7-3-4-9-16(14)18/h5-6,8,10,14,16-18H,2-4,7,9,11-12H2,1H3. The molecule has 1 fully saturated rings. The molecule has 1 aromatic rings. The molecule has 0 heterocycles. The minimum atomic E-state index is -0.115. The number of aliphatic hydroxyl groups excluding tert-OH is 1. The van der Waals surface area contributed by atoms with E-state index in [1.165, 1.54) is 18.4 Å². The Morgan fingerprint density at radius 2 is 2.16 bits per heavy atom. The van der Waals surface area contributed by atoms with Crippen LogP contribution in [0.25, 0.3) is 0 Å². The molecule has 2 N–H and O–H groups in total. The minimum Gasteiger partial charge on any atom is -0.494 e. The summed E-state index contributed by atoms with van der Waals surface area (Å²) in [6.07, 6.45) is 4.42. The molecule has 0 spiro atoms. The molecule has 2 rings (SSSR count). The summed E-state index contributed by atoms with van der Waals surface area (Å²) in [6, 6.07) is 8.19. The molecule has 3 nitrogen and oxygen atoms in total. The van der Waals surface area contributed by atoms with Gasteiger partial charge >= 0.3 is 0 Å². The van der Waals surface area contributed by atoms with Crippen molar-refractivity contribution in [2.75, 3.05) is 13.2 Å². The zero-order valence-corrected chi connectivity index (χ0v) is 11.8. The van der Waals surface area contributed by atoms with Gasteiger partial charge in [-0.2, -0.15) is 0 Å². The van der Waals surface area contributed by atoms with Crippen molar-refractivity contribution in [2.24, 2.45) is 5.92 Å². The predicted molar refractivity (Wildman–Crippen MR) is 77.3 cm³/mol. The van der Waals surface area contributed by atoms with E-state index in [1.54, 1.807) is 0 Å². The summed E-state index contributed by atoms with van der Waals surface area (Å²) in [5.41, 5.74) is 1.23. The van der Waals surface area contributed by atoms with E-state index < -0.39 is 0 Å². The largest absolute Gasteiger partial charge is 0.494 e. The third kappa shape index (κ3) is 4.51. The molecule has 0 aromatic heterocycles. The molecule has 106 valence electrons. The number of hydrogen-bond donors (Lipinski definition) is 2. The summed E-state index contributed by atoms with van der Waals surface area (Å²) in [5, 5.41) is 13.4. The van der Waals surface area contributed by atoms with Gasteiger partial charge in [-0.25, -0.2) is 0 Å². The highest BCUT2D eigenvalue weighted by molar-refractivity contribution is 5.28. The van der Waals surface area contributed by atoms with Crippen molar-refractivity contribution >= 4 is 0 Å². The van der Waals surface area contributed by atoms with Crippen molar-refractivity contribution in [3.63, 3.8) is 0 Å². The van der Waals surface area contributed by atoms with Crippen molar-refractivity contribution in [3.8, 4) is 5.75 Å². The average Bonchev–Trinajstić information content (AvgIpc) is 2.42. The van der Waals surface area contributed by atoms with Gasteiger partial charge in [0.05, 0.1) is 12.7 Å². The summed E-state index contributed by atoms with van der Waals surface area (Å²) in [7, 11) is 0. The molecule has 0 saturated heterocycles. The molecular formula is C16H25NO2. The molecule has 1 aliphatic rings. The van der Waals surface area contributed by atoms with Gasteiger partial charge in [0.2, 0.25) is 0 Å². The number of benzene rings is 1. The normalized spacial score (nSPS) is 23.3. The monoisotopic (exact) mass is 263 g/mol. The summed E-state index contributed by atoms with van der Waals surface area (Å²) < 4.78 is 5.49. The SMILES string of the molecule is CCOc1cccc(CNCC2CCCCC2O)c1. The summed E-state index contributed by atoms with van der Waals surface area (Å²) >= 11 is 0. The third-order valence-corrected chi connectivity index (χ3v) is 3.81. The van der Waals surface area contributed by atoms with Crippen molar-refractivity contribution in [2.45, 2.75) is 45.3 Å². The van der Waals surface area contributed by atoms with Gasteiger partial charge in [0.1, 0.15) is 5.75 Å². The van der Waals surface area contributed by atoms with Crippen LogP contribution in [0.1, 0.15) is 38.2 Å². The highest BCUT2D eigenvalue weighted by atomic mass is 16.5. The fourth-order valence-electron chi connectivity index (χ4n) is 2.74. The van der Waals surface area contributed by atoms with Crippen molar-refractivity contribution < 1.29 is 9.84 Å². The maximum Gasteiger partial charge on any atom is 0.119 e. The fraction of sp³-hybridized carbons (Fsp3) is 0.625. The first-order chi connectivity index (χ1) is 9.29. The minimum absolute atomic E-state index is 0.115. The number of nitrogens with one attached hydrogen (secondary N) is 1. The molecule has 2 unspecified atom stereocenters. The Hall–Kier alpha value is -1.06. The second-order valence-corrected chi connectivity index (χ2v) is 5.32. The zero-order chi connectivity index (χ0) is 13.5. The molecule has 0 radical (unpaired) electrons. The topological polar surface area (TPSA) is 41.5 Å². The smallest absolute Gasteiger partial charge is 0.119 e. The lowest BCUT2D eigenvalue weighted by molar-refractivity contribution is 0.0695. The van der Waals surface area contributed by atoms with Gasteiger partial charge in [0.15, 0.2) is 0 Å². The van der Waals surface area contributed by atoms with Crippen LogP contribution in [0.2, 0.25) is 0 Å². The van der Waals surface area contributed by atoms with Crippen LogP contribution in [0.5, 0.6) is 5.75 Å². The van der Waals surface area contributed by atoms with E-state index >= 15 is 0 Å². The summed E-state index contributed by atoms with van der Waals surface area (Å²) in [6.45, 7) is 4.44. The van der Waals surface area contributed by atoms with E-state index in [-0.39, 0.29) is 6.10 Å². The van der Waals surface area contributed by atoms with Crippen LogP contribution in [0.3, 0.4) is 0 Å². The Morgan fingerprint density at radius 3 is 2.95 bits per heavy atom. The lowest BCUT2D eigenvalue weighted by Gasteiger charge is -2.27. The summed E-state index contributed by atoms with van der Waals surface area (Å²) in [5.74, 6) is 1.35. The van der Waals surface area contributed by atoms with Gasteiger partial charge < -0.3 is 15.2 Å². The first-order valence-corrected chi connectivity index (χ1v) is 7.40. The van der Waals surface area contributed by atoms with Crippen LogP contribution >= 0.6 is 0 Å². The number of aliphatic hydroxyl groups is 1. The second-order valence-electron chi connectivity index (χ2n) is 5.32. The number of rotatable bonds is 6. The van der Waals surface area contributed by atoms with E-state index in [0.717, 1.165) is 31.7 Å². The lowest BCUT2D eigenvalue weighted by Crippen LogP contribution is -2.33. The Labute approximate surface area is 116 Å². The van der Waals surface area contributed by atoms with Crippen LogP contribution in [0.15, 0.2) is 24.3 Å². The van der Waals surface area contributed by atoms with Gasteiger partial charge in [-0.1, -0.05) is 25.0 Å². The van der Waals surface area contributed by atoms with E-state index in [2.05, 4.69) is 17.4 Å². The highest BCUT2D eigenvalue weighted by Crippen LogP contribution is 2.23. The van der Waals surface area contributed by atoms with Crippen molar-refractivity contribution in [1.82, 2.24) is 5.32 Å². The molecule has 1 aromatic carbocycles. The van der Waals surface area contributed by atoms with Crippen LogP contribution in [0.4, 0.5) is 0 Å². The Bertz CT molecular complexity index is 381. The number of hydrogen-bond acceptors (Lipinski definition) is 3. The van der Waals surface area contributed by atoms with Crippen LogP contribution in [-0.4, -0.2) is 24.4 Å². The van der Waals surface area contributed by atoms with Crippen LogP contribution in [0, 0.1) is 5.92 Å². The van der Waals surface area contributed by atoms with Crippen molar-refractivity contribution in [1.29, 1.82) is 0 Å². The fourth-order valence-corrected chi connectivity index (χ4v) is 2.74. The average molecular weight is 263 g/mol. The second kappa shape index (κ2) is 7.51. The van der Waals surface area contributed by atoms with Crippen molar-refractivity contribution in [3.05, 3.63) is 29.8 Å². The molecule has 2 atom stereocenters. The lowest BCUT2D eigenvalue weighted by atomic mass is 9.86. The maximum atomic E-state index is 9.92. The van der Waals surface area contributed by atoms with Gasteiger partial charge in [-0.05, 0) is 43.4 Å². The summed E-state index contributed by atoms with van der Waals surface area (Å²) in [4.78, 5) is 0. The van der Waals surface area contributed by atoms with Gasteiger partial charge in [0.25, 0.3) is 0 Å². The zero-order valence-electron chi connectivity index (χ0n) is 11.8. The maximum absolute atomic E-state index is 9.92. The molecule has 0 amide bonds. The van der Waals surface area contributed by atoms with Crippen LogP contribution in [-0.2, 0) is 6.54 Å². The predicted octanol–water partition coefficient (Wildman–Crippen LogP) is 2.73.